The highest BCUT2D eigenvalue weighted by molar-refractivity contribution is 7.92. The predicted octanol–water partition coefficient (Wildman–Crippen LogP) is 3.57. The highest BCUT2D eigenvalue weighted by Gasteiger charge is 2.21. The van der Waals surface area contributed by atoms with Gasteiger partial charge in [-0.2, -0.15) is 0 Å². The van der Waals surface area contributed by atoms with Crippen molar-refractivity contribution in [1.82, 2.24) is 0 Å². The van der Waals surface area contributed by atoms with Crippen LogP contribution in [0.15, 0.2) is 70.5 Å². The summed E-state index contributed by atoms with van der Waals surface area (Å²) in [5.74, 6) is -0.612. The van der Waals surface area contributed by atoms with Gasteiger partial charge in [-0.05, 0) is 67.3 Å². The minimum absolute atomic E-state index is 0.0723. The number of nitrogens with two attached hydrogens (primary N) is 1. The Morgan fingerprint density at radius 1 is 0.909 bits per heavy atom. The first-order valence-corrected chi connectivity index (χ1v) is 13.1. The summed E-state index contributed by atoms with van der Waals surface area (Å²) >= 11 is 0. The molecule has 10 heteroatoms. The zero-order valence-corrected chi connectivity index (χ0v) is 20.0. The van der Waals surface area contributed by atoms with Crippen LogP contribution in [0, 0.1) is 13.8 Å². The Balaban J connectivity index is 1.94. The highest BCUT2D eigenvalue weighted by atomic mass is 32.2. The van der Waals surface area contributed by atoms with Crippen LogP contribution >= 0.6 is 0 Å². The number of carbonyl (C=O) groups is 1. The number of primary sulfonamides is 1. The minimum Gasteiger partial charge on any atom is -0.322 e. The molecule has 0 aliphatic rings. The van der Waals surface area contributed by atoms with Crippen molar-refractivity contribution in [2.45, 2.75) is 37.0 Å². The lowest BCUT2D eigenvalue weighted by atomic mass is 10.1. The summed E-state index contributed by atoms with van der Waals surface area (Å²) in [7, 11) is -7.94. The summed E-state index contributed by atoms with van der Waals surface area (Å²) in [6, 6.07) is 15.7. The van der Waals surface area contributed by atoms with Crippen LogP contribution in [0.5, 0.6) is 0 Å². The van der Waals surface area contributed by atoms with Crippen molar-refractivity contribution in [2.75, 3.05) is 10.0 Å². The minimum atomic E-state index is -3.98. The Labute approximate surface area is 193 Å². The third-order valence-corrected chi connectivity index (χ3v) is 7.56. The lowest BCUT2D eigenvalue weighted by Gasteiger charge is -2.15. The molecule has 0 unspecified atom stereocenters. The highest BCUT2D eigenvalue weighted by Crippen LogP contribution is 2.25. The smallest absolute Gasteiger partial charge is 0.262 e. The fourth-order valence-electron chi connectivity index (χ4n) is 3.35. The Morgan fingerprint density at radius 3 is 2.27 bits per heavy atom. The number of nitrogens with one attached hydrogen (secondary N) is 2. The summed E-state index contributed by atoms with van der Waals surface area (Å²) in [6.45, 7) is 5.27. The number of anilines is 2. The number of para-hydroxylation sites is 1. The van der Waals surface area contributed by atoms with Gasteiger partial charge < -0.3 is 5.32 Å². The molecule has 0 fully saturated rings. The fourth-order valence-corrected chi connectivity index (χ4v) is 5.63. The van der Waals surface area contributed by atoms with Crippen LogP contribution < -0.4 is 15.2 Å². The number of aryl methyl sites for hydroxylation is 3. The van der Waals surface area contributed by atoms with Gasteiger partial charge in [0.25, 0.3) is 15.9 Å². The maximum absolute atomic E-state index is 13.0. The largest absolute Gasteiger partial charge is 0.322 e. The maximum atomic E-state index is 13.0. The number of amides is 1. The Bertz CT molecular complexity index is 1430. The monoisotopic (exact) mass is 487 g/mol. The topological polar surface area (TPSA) is 135 Å². The van der Waals surface area contributed by atoms with Crippen molar-refractivity contribution in [3.05, 3.63) is 82.9 Å². The molecule has 0 saturated heterocycles. The van der Waals surface area contributed by atoms with Gasteiger partial charge in [0.15, 0.2) is 0 Å². The van der Waals surface area contributed by atoms with Gasteiger partial charge in [-0.1, -0.05) is 37.3 Å². The molecule has 0 bridgehead atoms. The third-order valence-electron chi connectivity index (χ3n) is 5.06. The molecule has 174 valence electrons. The van der Waals surface area contributed by atoms with E-state index in [0.29, 0.717) is 17.5 Å². The van der Waals surface area contributed by atoms with Crippen LogP contribution in [-0.4, -0.2) is 22.7 Å². The van der Waals surface area contributed by atoms with Gasteiger partial charge in [-0.3, -0.25) is 9.52 Å². The average molecular weight is 488 g/mol. The van der Waals surface area contributed by atoms with Crippen molar-refractivity contribution in [3.8, 4) is 0 Å². The molecule has 4 N–H and O–H groups in total. The number of benzene rings is 3. The van der Waals surface area contributed by atoms with Gasteiger partial charge in [0.05, 0.1) is 21.0 Å². The lowest BCUT2D eigenvalue weighted by Crippen LogP contribution is -2.20. The maximum Gasteiger partial charge on any atom is 0.262 e. The van der Waals surface area contributed by atoms with E-state index in [0.717, 1.165) is 5.56 Å². The van der Waals surface area contributed by atoms with Crippen LogP contribution in [0.4, 0.5) is 11.4 Å². The molecule has 0 spiro atoms. The summed E-state index contributed by atoms with van der Waals surface area (Å²) in [4.78, 5) is 13.0. The molecular formula is C23H25N3O5S2. The van der Waals surface area contributed by atoms with E-state index in [1.807, 2.05) is 6.07 Å². The summed E-state index contributed by atoms with van der Waals surface area (Å²) in [5, 5.41) is 7.91. The number of sulfonamides is 2. The van der Waals surface area contributed by atoms with E-state index < -0.39 is 26.0 Å². The molecule has 0 radical (unpaired) electrons. The van der Waals surface area contributed by atoms with E-state index in [9.17, 15) is 21.6 Å². The summed E-state index contributed by atoms with van der Waals surface area (Å²) in [6.07, 6.45) is 0.447. The third kappa shape index (κ3) is 5.59. The van der Waals surface area contributed by atoms with E-state index in [1.165, 1.54) is 18.2 Å². The first-order valence-electron chi connectivity index (χ1n) is 10.1. The Morgan fingerprint density at radius 2 is 1.61 bits per heavy atom. The van der Waals surface area contributed by atoms with E-state index in [1.54, 1.807) is 57.2 Å². The normalized spacial score (nSPS) is 11.8. The van der Waals surface area contributed by atoms with E-state index >= 15 is 0 Å². The number of rotatable bonds is 7. The van der Waals surface area contributed by atoms with Crippen molar-refractivity contribution in [3.63, 3.8) is 0 Å². The zero-order chi connectivity index (χ0) is 24.4. The fraction of sp³-hybridized carbons (Fsp3) is 0.174. The quantitative estimate of drug-likeness (QED) is 0.468. The van der Waals surface area contributed by atoms with Gasteiger partial charge >= 0.3 is 0 Å². The van der Waals surface area contributed by atoms with Crippen molar-refractivity contribution in [2.24, 2.45) is 5.14 Å². The molecule has 1 amide bonds. The second-order valence-electron chi connectivity index (χ2n) is 7.60. The van der Waals surface area contributed by atoms with E-state index in [4.69, 9.17) is 5.14 Å². The van der Waals surface area contributed by atoms with Crippen LogP contribution in [0.3, 0.4) is 0 Å². The number of hydrogen-bond acceptors (Lipinski definition) is 5. The van der Waals surface area contributed by atoms with Crippen LogP contribution in [-0.2, 0) is 26.5 Å². The van der Waals surface area contributed by atoms with E-state index in [-0.39, 0.29) is 26.7 Å². The molecule has 0 saturated carbocycles. The first-order chi connectivity index (χ1) is 15.4. The molecule has 0 aromatic heterocycles. The molecule has 3 rings (SSSR count). The summed E-state index contributed by atoms with van der Waals surface area (Å²) in [5.41, 5.74) is 2.26. The van der Waals surface area contributed by atoms with Crippen molar-refractivity contribution >= 4 is 37.3 Å². The van der Waals surface area contributed by atoms with Crippen LogP contribution in [0.25, 0.3) is 0 Å². The first kappa shape index (κ1) is 24.4. The molecule has 0 aliphatic heterocycles. The van der Waals surface area contributed by atoms with Gasteiger partial charge in [-0.15, -0.1) is 0 Å². The number of hydrogen-bond donors (Lipinski definition) is 3. The zero-order valence-electron chi connectivity index (χ0n) is 18.4. The van der Waals surface area contributed by atoms with E-state index in [2.05, 4.69) is 10.0 Å². The Kier molecular flexibility index (Phi) is 6.92. The number of carbonyl (C=O) groups excluding carboxylic acids is 1. The van der Waals surface area contributed by atoms with Gasteiger partial charge in [0.1, 0.15) is 0 Å². The lowest BCUT2D eigenvalue weighted by molar-refractivity contribution is 0.102. The summed E-state index contributed by atoms with van der Waals surface area (Å²) < 4.78 is 52.3. The van der Waals surface area contributed by atoms with Gasteiger partial charge in [0, 0.05) is 5.69 Å². The van der Waals surface area contributed by atoms with Crippen molar-refractivity contribution < 1.29 is 21.6 Å². The standard InChI is InChI=1S/C23H25N3O5S2/c1-4-17-11-12-18(14-22(17)32(24,28)29)25-23(27)19-7-5-6-8-20(19)26-33(30,31)21-13-15(2)9-10-16(21)3/h5-14,26H,4H2,1-3H3,(H,25,27)(H2,24,28,29). The molecule has 3 aromatic rings. The molecule has 3 aromatic carbocycles. The van der Waals surface area contributed by atoms with Gasteiger partial charge in [0.2, 0.25) is 10.0 Å². The Hall–Kier alpha value is -3.21. The molecular weight excluding hydrogens is 462 g/mol. The van der Waals surface area contributed by atoms with Crippen molar-refractivity contribution in [1.29, 1.82) is 0 Å². The predicted molar refractivity (Wildman–Crippen MR) is 128 cm³/mol. The van der Waals surface area contributed by atoms with Crippen LogP contribution in [0.1, 0.15) is 34.0 Å². The second-order valence-corrected chi connectivity index (χ2v) is 10.8. The SMILES string of the molecule is CCc1ccc(NC(=O)c2ccccc2NS(=O)(=O)c2cc(C)ccc2C)cc1S(N)(=O)=O. The molecule has 0 aliphatic carbocycles. The second kappa shape index (κ2) is 9.34. The molecule has 0 heterocycles. The average Bonchev–Trinajstić information content (AvgIpc) is 2.74. The molecule has 0 atom stereocenters. The van der Waals surface area contributed by atoms with Gasteiger partial charge in [-0.25, -0.2) is 22.0 Å². The van der Waals surface area contributed by atoms with Crippen LogP contribution in [0.2, 0.25) is 0 Å². The molecule has 33 heavy (non-hydrogen) atoms. The molecule has 8 nitrogen and oxygen atoms in total.